The molecule has 3 nitrogen and oxygen atoms in total. The lowest BCUT2D eigenvalue weighted by Gasteiger charge is -2.08. The van der Waals surface area contributed by atoms with Crippen molar-refractivity contribution in [3.05, 3.63) is 23.5 Å². The average molecular weight is 256 g/mol. The predicted octanol–water partition coefficient (Wildman–Crippen LogP) is 1.43. The van der Waals surface area contributed by atoms with Crippen LogP contribution in [0.2, 0.25) is 0 Å². The molecule has 0 bridgehead atoms. The molecule has 0 fully saturated rings. The van der Waals surface area contributed by atoms with Crippen molar-refractivity contribution in [2.45, 2.75) is 0 Å². The van der Waals surface area contributed by atoms with Gasteiger partial charge in [0.15, 0.2) is 0 Å². The first-order valence-corrected chi connectivity index (χ1v) is 5.90. The fourth-order valence-electron chi connectivity index (χ4n) is 0.962. The lowest BCUT2D eigenvalue weighted by atomic mass is 10.3. The van der Waals surface area contributed by atoms with E-state index in [4.69, 9.17) is 0 Å². The zero-order chi connectivity index (χ0) is 12.3. The summed E-state index contributed by atoms with van der Waals surface area (Å²) < 4.78 is 61.9. The van der Waals surface area contributed by atoms with Crippen molar-refractivity contribution in [3.8, 4) is 0 Å². The Hall–Kier alpha value is -1.18. The Labute approximate surface area is 91.3 Å². The number of rotatable bonds is 4. The molecule has 0 saturated carbocycles. The number of anilines is 1. The number of aromatic nitrogens is 1. The molecule has 90 valence electrons. The summed E-state index contributed by atoms with van der Waals surface area (Å²) in [5.41, 5.74) is -0.935. The summed E-state index contributed by atoms with van der Waals surface area (Å²) in [6.45, 7) is -0.0696. The molecule has 1 aromatic heterocycles. The number of hydrogen-bond acceptors (Lipinski definition) is 3. The highest BCUT2D eigenvalue weighted by molar-refractivity contribution is 7.84. The van der Waals surface area contributed by atoms with Gasteiger partial charge in [0.05, 0.1) is 0 Å². The quantitative estimate of drug-likeness (QED) is 0.654. The van der Waals surface area contributed by atoms with Crippen molar-refractivity contribution in [2.24, 2.45) is 0 Å². The molecule has 0 aromatic carbocycles. The van der Waals surface area contributed by atoms with Gasteiger partial charge in [-0.3, -0.25) is 4.21 Å². The first-order valence-electron chi connectivity index (χ1n) is 4.17. The Morgan fingerprint density at radius 1 is 1.19 bits per heavy atom. The Morgan fingerprint density at radius 3 is 2.12 bits per heavy atom. The molecule has 0 aliphatic heterocycles. The van der Waals surface area contributed by atoms with Gasteiger partial charge >= 0.3 is 0 Å². The SMILES string of the molecule is CS(=O)CCNc1c(F)c(F)nc(F)c1F. The molecule has 1 aromatic rings. The van der Waals surface area contributed by atoms with Gasteiger partial charge in [0.25, 0.3) is 11.9 Å². The number of hydrogen-bond donors (Lipinski definition) is 1. The smallest absolute Gasteiger partial charge is 0.253 e. The van der Waals surface area contributed by atoms with Crippen LogP contribution in [0.4, 0.5) is 23.2 Å². The van der Waals surface area contributed by atoms with Gasteiger partial charge in [0.2, 0.25) is 11.6 Å². The maximum Gasteiger partial charge on any atom is 0.253 e. The molecular formula is C8H8F4N2OS. The third-order valence-electron chi connectivity index (χ3n) is 1.69. The summed E-state index contributed by atoms with van der Waals surface area (Å²) in [7, 11) is -1.17. The van der Waals surface area contributed by atoms with Crippen LogP contribution in [0.15, 0.2) is 0 Å². The van der Waals surface area contributed by atoms with Gasteiger partial charge < -0.3 is 5.32 Å². The standard InChI is InChI=1S/C8H8F4N2OS/c1-16(15)3-2-13-6-4(9)7(11)14-8(12)5(6)10/h2-3H2,1H3,(H,13,14). The van der Waals surface area contributed by atoms with Gasteiger partial charge in [-0.15, -0.1) is 0 Å². The lowest BCUT2D eigenvalue weighted by molar-refractivity contribution is 0.411. The summed E-state index contributed by atoms with van der Waals surface area (Å²) in [6.07, 6.45) is 1.39. The third kappa shape index (κ3) is 2.91. The van der Waals surface area contributed by atoms with Crippen LogP contribution in [0.1, 0.15) is 0 Å². The topological polar surface area (TPSA) is 42.0 Å². The second kappa shape index (κ2) is 5.24. The zero-order valence-corrected chi connectivity index (χ0v) is 9.01. The van der Waals surface area contributed by atoms with Crippen LogP contribution in [0.3, 0.4) is 0 Å². The van der Waals surface area contributed by atoms with Crippen LogP contribution in [0.5, 0.6) is 0 Å². The van der Waals surface area contributed by atoms with Crippen molar-refractivity contribution in [1.82, 2.24) is 4.98 Å². The molecule has 0 saturated heterocycles. The van der Waals surface area contributed by atoms with Crippen LogP contribution in [0.25, 0.3) is 0 Å². The average Bonchev–Trinajstić information content (AvgIpc) is 2.20. The van der Waals surface area contributed by atoms with Crippen LogP contribution >= 0.6 is 0 Å². The fraction of sp³-hybridized carbons (Fsp3) is 0.375. The first kappa shape index (κ1) is 12.9. The highest BCUT2D eigenvalue weighted by Gasteiger charge is 2.20. The normalized spacial score (nSPS) is 12.6. The minimum Gasteiger partial charge on any atom is -0.379 e. The largest absolute Gasteiger partial charge is 0.379 e. The molecule has 0 aliphatic carbocycles. The molecule has 1 N–H and O–H groups in total. The van der Waals surface area contributed by atoms with Crippen LogP contribution < -0.4 is 5.32 Å². The second-order valence-electron chi connectivity index (χ2n) is 2.90. The van der Waals surface area contributed by atoms with Gasteiger partial charge in [0, 0.05) is 29.4 Å². The van der Waals surface area contributed by atoms with Gasteiger partial charge in [-0.2, -0.15) is 22.5 Å². The number of pyridine rings is 1. The first-order chi connectivity index (χ1) is 7.43. The van der Waals surface area contributed by atoms with Crippen molar-refractivity contribution < 1.29 is 21.8 Å². The predicted molar refractivity (Wildman–Crippen MR) is 51.5 cm³/mol. The molecule has 1 rings (SSSR count). The Balaban J connectivity index is 2.90. The van der Waals surface area contributed by atoms with E-state index in [1.165, 1.54) is 6.26 Å². The molecule has 0 radical (unpaired) electrons. The van der Waals surface area contributed by atoms with E-state index >= 15 is 0 Å². The summed E-state index contributed by atoms with van der Waals surface area (Å²) >= 11 is 0. The Morgan fingerprint density at radius 2 is 1.69 bits per heavy atom. The fourth-order valence-corrected chi connectivity index (χ4v) is 1.35. The van der Waals surface area contributed by atoms with E-state index in [2.05, 4.69) is 10.3 Å². The molecular weight excluding hydrogens is 248 g/mol. The lowest BCUT2D eigenvalue weighted by Crippen LogP contribution is -2.14. The van der Waals surface area contributed by atoms with Gasteiger partial charge in [0.1, 0.15) is 5.69 Å². The summed E-state index contributed by atoms with van der Waals surface area (Å²) in [6, 6.07) is 0. The summed E-state index contributed by atoms with van der Waals surface area (Å²) in [5.74, 6) is -6.54. The second-order valence-corrected chi connectivity index (χ2v) is 4.46. The van der Waals surface area contributed by atoms with E-state index in [1.807, 2.05) is 0 Å². The van der Waals surface area contributed by atoms with Gasteiger partial charge in [-0.25, -0.2) is 0 Å². The summed E-state index contributed by atoms with van der Waals surface area (Å²) in [5, 5.41) is 2.13. The van der Waals surface area contributed by atoms with Crippen molar-refractivity contribution >= 4 is 16.5 Å². The van der Waals surface area contributed by atoms with Crippen LogP contribution in [-0.4, -0.2) is 27.7 Å². The minimum atomic E-state index is -1.72. The molecule has 0 aliphatic rings. The van der Waals surface area contributed by atoms with E-state index in [9.17, 15) is 21.8 Å². The van der Waals surface area contributed by atoms with Crippen molar-refractivity contribution in [2.75, 3.05) is 23.9 Å². The molecule has 8 heteroatoms. The van der Waals surface area contributed by atoms with E-state index in [-0.39, 0.29) is 12.3 Å². The zero-order valence-electron chi connectivity index (χ0n) is 8.19. The monoisotopic (exact) mass is 256 g/mol. The highest BCUT2D eigenvalue weighted by atomic mass is 32.2. The van der Waals surface area contributed by atoms with Crippen molar-refractivity contribution in [3.63, 3.8) is 0 Å². The van der Waals surface area contributed by atoms with Gasteiger partial charge in [-0.1, -0.05) is 0 Å². The van der Waals surface area contributed by atoms with E-state index < -0.39 is 40.0 Å². The van der Waals surface area contributed by atoms with Crippen molar-refractivity contribution in [1.29, 1.82) is 0 Å². The van der Waals surface area contributed by atoms with E-state index in [1.54, 1.807) is 0 Å². The van der Waals surface area contributed by atoms with Gasteiger partial charge in [-0.05, 0) is 0 Å². The number of halogens is 4. The Kier molecular flexibility index (Phi) is 4.22. The molecule has 1 heterocycles. The molecule has 1 atom stereocenters. The maximum atomic E-state index is 13.0. The van der Waals surface area contributed by atoms with E-state index in [0.29, 0.717) is 0 Å². The molecule has 16 heavy (non-hydrogen) atoms. The Bertz CT molecular complexity index is 401. The highest BCUT2D eigenvalue weighted by Crippen LogP contribution is 2.21. The molecule has 0 amide bonds. The van der Waals surface area contributed by atoms with Crippen LogP contribution in [-0.2, 0) is 10.8 Å². The molecule has 1 unspecified atom stereocenters. The van der Waals surface area contributed by atoms with Crippen LogP contribution in [0, 0.1) is 23.5 Å². The summed E-state index contributed by atoms with van der Waals surface area (Å²) in [4.78, 5) is 2.39. The van der Waals surface area contributed by atoms with E-state index in [0.717, 1.165) is 0 Å². The number of nitrogens with zero attached hydrogens (tertiary/aromatic N) is 1. The maximum absolute atomic E-state index is 13.0. The third-order valence-corrected chi connectivity index (χ3v) is 2.47. The minimum absolute atomic E-state index is 0.0696. The molecule has 0 spiro atoms. The number of nitrogens with one attached hydrogen (secondary N) is 1.